The van der Waals surface area contributed by atoms with Gasteiger partial charge in [-0.1, -0.05) is 25.0 Å². The summed E-state index contributed by atoms with van der Waals surface area (Å²) in [5, 5.41) is 3.07. The summed E-state index contributed by atoms with van der Waals surface area (Å²) in [6.45, 7) is 4.56. The van der Waals surface area contributed by atoms with E-state index in [1.54, 1.807) is 0 Å². The van der Waals surface area contributed by atoms with Crippen LogP contribution in [0.1, 0.15) is 43.2 Å². The molecule has 0 aliphatic heterocycles. The smallest absolute Gasteiger partial charge is 0.223 e. The van der Waals surface area contributed by atoms with Crippen molar-refractivity contribution in [3.63, 3.8) is 0 Å². The minimum absolute atomic E-state index is 0.109. The number of hydrogen-bond donors (Lipinski definition) is 1. The van der Waals surface area contributed by atoms with E-state index in [-0.39, 0.29) is 5.91 Å². The van der Waals surface area contributed by atoms with Crippen LogP contribution < -0.4 is 10.1 Å². The minimum atomic E-state index is 0.109. The van der Waals surface area contributed by atoms with E-state index in [0.29, 0.717) is 19.1 Å². The van der Waals surface area contributed by atoms with E-state index >= 15 is 0 Å². The zero-order chi connectivity index (χ0) is 13.7. The van der Waals surface area contributed by atoms with Gasteiger partial charge >= 0.3 is 0 Å². The van der Waals surface area contributed by atoms with Crippen molar-refractivity contribution >= 4 is 5.91 Å². The molecule has 0 heterocycles. The molecule has 3 nitrogen and oxygen atoms in total. The lowest BCUT2D eigenvalue weighted by Crippen LogP contribution is -2.33. The maximum Gasteiger partial charge on any atom is 0.223 e. The summed E-state index contributed by atoms with van der Waals surface area (Å²) in [7, 11) is 0. The summed E-state index contributed by atoms with van der Waals surface area (Å²) in [4.78, 5) is 11.7. The first kappa shape index (κ1) is 13.9. The fraction of sp³-hybridized carbons (Fsp3) is 0.562. The van der Waals surface area contributed by atoms with Gasteiger partial charge in [0.15, 0.2) is 0 Å². The third-order valence-electron chi connectivity index (χ3n) is 3.86. The van der Waals surface area contributed by atoms with Crippen LogP contribution in [0.15, 0.2) is 18.2 Å². The lowest BCUT2D eigenvalue weighted by Gasteiger charge is -2.13. The molecule has 0 bridgehead atoms. The molecule has 1 aromatic carbocycles. The van der Waals surface area contributed by atoms with E-state index in [4.69, 9.17) is 4.74 Å². The van der Waals surface area contributed by atoms with Gasteiger partial charge in [-0.25, -0.2) is 0 Å². The van der Waals surface area contributed by atoms with Crippen molar-refractivity contribution in [2.45, 2.75) is 52.0 Å². The Bertz CT molecular complexity index is 436. The second-order valence-electron chi connectivity index (χ2n) is 5.35. The number of carbonyl (C=O) groups is 1. The lowest BCUT2D eigenvalue weighted by atomic mass is 10.1. The van der Waals surface area contributed by atoms with Crippen LogP contribution in [0, 0.1) is 13.8 Å². The molecule has 1 N–H and O–H groups in total. The van der Waals surface area contributed by atoms with Crippen LogP contribution in [-0.2, 0) is 4.79 Å². The largest absolute Gasteiger partial charge is 0.493 e. The molecule has 1 aliphatic carbocycles. The Balaban J connectivity index is 1.73. The molecule has 0 atom stereocenters. The molecule has 104 valence electrons. The molecule has 1 aliphatic rings. The molecular weight excluding hydrogens is 238 g/mol. The average Bonchev–Trinajstić information content (AvgIpc) is 2.87. The van der Waals surface area contributed by atoms with Gasteiger partial charge in [-0.05, 0) is 43.9 Å². The van der Waals surface area contributed by atoms with Gasteiger partial charge in [-0.15, -0.1) is 0 Å². The Morgan fingerprint density at radius 3 is 2.79 bits per heavy atom. The molecule has 19 heavy (non-hydrogen) atoms. The predicted octanol–water partition coefficient (Wildman–Crippen LogP) is 3.13. The third-order valence-corrected chi connectivity index (χ3v) is 3.86. The quantitative estimate of drug-likeness (QED) is 0.884. The van der Waals surface area contributed by atoms with Crippen molar-refractivity contribution < 1.29 is 9.53 Å². The van der Waals surface area contributed by atoms with E-state index < -0.39 is 0 Å². The molecule has 0 saturated heterocycles. The van der Waals surface area contributed by atoms with Crippen LogP contribution in [-0.4, -0.2) is 18.6 Å². The first-order chi connectivity index (χ1) is 9.16. The van der Waals surface area contributed by atoms with Gasteiger partial charge in [0, 0.05) is 6.04 Å². The number of hydrogen-bond acceptors (Lipinski definition) is 2. The highest BCUT2D eigenvalue weighted by Gasteiger charge is 2.16. The van der Waals surface area contributed by atoms with Gasteiger partial charge in [-0.3, -0.25) is 4.79 Å². The molecule has 1 saturated carbocycles. The summed E-state index contributed by atoms with van der Waals surface area (Å²) < 4.78 is 5.69. The highest BCUT2D eigenvalue weighted by Crippen LogP contribution is 2.21. The van der Waals surface area contributed by atoms with Crippen LogP contribution >= 0.6 is 0 Å². The van der Waals surface area contributed by atoms with Crippen LogP contribution in [0.25, 0.3) is 0 Å². The SMILES string of the molecule is Cc1cccc(OCCC(=O)NC2CCCC2)c1C. The number of aryl methyl sites for hydroxylation is 1. The number of carbonyl (C=O) groups excluding carboxylic acids is 1. The standard InChI is InChI=1S/C16H23NO2/c1-12-6-5-9-15(13(12)2)19-11-10-16(18)17-14-7-3-4-8-14/h5-6,9,14H,3-4,7-8,10-11H2,1-2H3,(H,17,18). The second-order valence-corrected chi connectivity index (χ2v) is 5.35. The van der Waals surface area contributed by atoms with Gasteiger partial charge < -0.3 is 10.1 Å². The number of ether oxygens (including phenoxy) is 1. The average molecular weight is 261 g/mol. The minimum Gasteiger partial charge on any atom is -0.493 e. The second kappa shape index (κ2) is 6.60. The maximum absolute atomic E-state index is 11.7. The van der Waals surface area contributed by atoms with Gasteiger partial charge in [0.25, 0.3) is 0 Å². The number of amides is 1. The van der Waals surface area contributed by atoms with Crippen molar-refractivity contribution in [3.05, 3.63) is 29.3 Å². The zero-order valence-electron chi connectivity index (χ0n) is 11.9. The summed E-state index contributed by atoms with van der Waals surface area (Å²) in [6.07, 6.45) is 5.17. The number of rotatable bonds is 5. The molecule has 0 spiro atoms. The first-order valence-corrected chi connectivity index (χ1v) is 7.15. The Kier molecular flexibility index (Phi) is 4.83. The first-order valence-electron chi connectivity index (χ1n) is 7.15. The molecule has 1 amide bonds. The van der Waals surface area contributed by atoms with Crippen molar-refractivity contribution in [1.29, 1.82) is 0 Å². The highest BCUT2D eigenvalue weighted by atomic mass is 16.5. The van der Waals surface area contributed by atoms with E-state index in [0.717, 1.165) is 24.2 Å². The Labute approximate surface area is 115 Å². The van der Waals surface area contributed by atoms with Crippen molar-refractivity contribution in [2.24, 2.45) is 0 Å². The predicted molar refractivity (Wildman–Crippen MR) is 76.4 cm³/mol. The Morgan fingerprint density at radius 1 is 1.32 bits per heavy atom. The molecule has 1 aromatic rings. The molecular formula is C16H23NO2. The summed E-state index contributed by atoms with van der Waals surface area (Å²) in [6, 6.07) is 6.40. The van der Waals surface area contributed by atoms with Crippen LogP contribution in [0.2, 0.25) is 0 Å². The molecule has 1 fully saturated rings. The highest BCUT2D eigenvalue weighted by molar-refractivity contribution is 5.76. The van der Waals surface area contributed by atoms with E-state index in [1.165, 1.54) is 18.4 Å². The van der Waals surface area contributed by atoms with Gasteiger partial charge in [0.05, 0.1) is 13.0 Å². The third kappa shape index (κ3) is 3.98. The van der Waals surface area contributed by atoms with Crippen molar-refractivity contribution in [2.75, 3.05) is 6.61 Å². The van der Waals surface area contributed by atoms with Crippen LogP contribution in [0.5, 0.6) is 5.75 Å². The van der Waals surface area contributed by atoms with Crippen LogP contribution in [0.4, 0.5) is 0 Å². The fourth-order valence-electron chi connectivity index (χ4n) is 2.50. The normalized spacial score (nSPS) is 15.5. The molecule has 0 aromatic heterocycles. The van der Waals surface area contributed by atoms with Crippen molar-refractivity contribution in [1.82, 2.24) is 5.32 Å². The molecule has 3 heteroatoms. The van der Waals surface area contributed by atoms with E-state index in [2.05, 4.69) is 18.3 Å². The monoisotopic (exact) mass is 261 g/mol. The Hall–Kier alpha value is -1.51. The zero-order valence-corrected chi connectivity index (χ0v) is 11.9. The molecule has 0 radical (unpaired) electrons. The van der Waals surface area contributed by atoms with Gasteiger partial charge in [0.2, 0.25) is 5.91 Å². The summed E-state index contributed by atoms with van der Waals surface area (Å²) in [5.74, 6) is 0.992. The van der Waals surface area contributed by atoms with Gasteiger partial charge in [-0.2, -0.15) is 0 Å². The van der Waals surface area contributed by atoms with Crippen LogP contribution in [0.3, 0.4) is 0 Å². The maximum atomic E-state index is 11.7. The lowest BCUT2D eigenvalue weighted by molar-refractivity contribution is -0.122. The number of benzene rings is 1. The fourth-order valence-corrected chi connectivity index (χ4v) is 2.50. The number of nitrogens with one attached hydrogen (secondary N) is 1. The molecule has 0 unspecified atom stereocenters. The summed E-state index contributed by atoms with van der Waals surface area (Å²) in [5.41, 5.74) is 2.37. The topological polar surface area (TPSA) is 38.3 Å². The summed E-state index contributed by atoms with van der Waals surface area (Å²) >= 11 is 0. The van der Waals surface area contributed by atoms with E-state index in [9.17, 15) is 4.79 Å². The molecule has 2 rings (SSSR count). The van der Waals surface area contributed by atoms with Crippen molar-refractivity contribution in [3.8, 4) is 5.75 Å². The Morgan fingerprint density at radius 2 is 2.05 bits per heavy atom. The van der Waals surface area contributed by atoms with Gasteiger partial charge in [0.1, 0.15) is 5.75 Å². The van der Waals surface area contributed by atoms with E-state index in [1.807, 2.05) is 19.1 Å².